The van der Waals surface area contributed by atoms with Gasteiger partial charge in [-0.3, -0.25) is 0 Å². The average Bonchev–Trinajstić information content (AvgIpc) is 2.28. The number of halogens is 1. The molecule has 0 radical (unpaired) electrons. The van der Waals surface area contributed by atoms with Crippen LogP contribution in [-0.2, 0) is 10.0 Å². The van der Waals surface area contributed by atoms with E-state index in [1.165, 1.54) is 6.07 Å². The number of benzene rings is 1. The lowest BCUT2D eigenvalue weighted by Gasteiger charge is -2.28. The molecule has 3 N–H and O–H groups in total. The molecule has 0 unspecified atom stereocenters. The Labute approximate surface area is 129 Å². The standard InChI is InChI=1S/C13H22BrN3O2S/c1-13(2,9-17(3)4)8-16-20(18,19)12-7-10(14)5-6-11(12)15/h5-7,16H,8-9,15H2,1-4H3. The quantitative estimate of drug-likeness (QED) is 0.756. The van der Waals surface area contributed by atoms with E-state index in [1.807, 2.05) is 32.8 Å². The highest BCUT2D eigenvalue weighted by molar-refractivity contribution is 9.10. The maximum Gasteiger partial charge on any atom is 0.242 e. The minimum atomic E-state index is -3.61. The summed E-state index contributed by atoms with van der Waals surface area (Å²) in [7, 11) is 0.316. The molecule has 0 fully saturated rings. The third-order valence-corrected chi connectivity index (χ3v) is 4.70. The minimum Gasteiger partial charge on any atom is -0.398 e. The lowest BCUT2D eigenvalue weighted by atomic mass is 9.93. The predicted molar refractivity (Wildman–Crippen MR) is 86.1 cm³/mol. The summed E-state index contributed by atoms with van der Waals surface area (Å²) in [6.07, 6.45) is 0. The van der Waals surface area contributed by atoms with Crippen LogP contribution < -0.4 is 10.5 Å². The molecule has 0 spiro atoms. The molecule has 0 aliphatic rings. The molecule has 1 aromatic carbocycles. The van der Waals surface area contributed by atoms with Gasteiger partial charge in [-0.15, -0.1) is 0 Å². The van der Waals surface area contributed by atoms with Crippen LogP contribution in [0.2, 0.25) is 0 Å². The molecular formula is C13H22BrN3O2S. The SMILES string of the molecule is CN(C)CC(C)(C)CNS(=O)(=O)c1cc(Br)ccc1N. The topological polar surface area (TPSA) is 75.4 Å². The van der Waals surface area contributed by atoms with Crippen molar-refractivity contribution in [1.82, 2.24) is 9.62 Å². The normalized spacial score (nSPS) is 12.9. The van der Waals surface area contributed by atoms with Crippen LogP contribution in [-0.4, -0.2) is 40.5 Å². The van der Waals surface area contributed by atoms with Crippen molar-refractivity contribution in [1.29, 1.82) is 0 Å². The van der Waals surface area contributed by atoms with E-state index in [9.17, 15) is 8.42 Å². The van der Waals surface area contributed by atoms with Gasteiger partial charge >= 0.3 is 0 Å². The first-order chi connectivity index (χ1) is 9.03. The van der Waals surface area contributed by atoms with Crippen molar-refractivity contribution in [3.8, 4) is 0 Å². The van der Waals surface area contributed by atoms with Gasteiger partial charge in [-0.2, -0.15) is 0 Å². The molecule has 5 nitrogen and oxygen atoms in total. The molecule has 0 amide bonds. The Balaban J connectivity index is 2.88. The molecule has 20 heavy (non-hydrogen) atoms. The van der Waals surface area contributed by atoms with E-state index >= 15 is 0 Å². The third-order valence-electron chi connectivity index (χ3n) is 2.75. The maximum absolute atomic E-state index is 12.3. The molecule has 0 aliphatic heterocycles. The Morgan fingerprint density at radius 1 is 1.35 bits per heavy atom. The van der Waals surface area contributed by atoms with Gasteiger partial charge in [0.2, 0.25) is 10.0 Å². The zero-order valence-electron chi connectivity index (χ0n) is 12.3. The lowest BCUT2D eigenvalue weighted by molar-refractivity contribution is 0.242. The van der Waals surface area contributed by atoms with Gasteiger partial charge in [0.15, 0.2) is 0 Å². The van der Waals surface area contributed by atoms with Crippen molar-refractivity contribution in [2.24, 2.45) is 5.41 Å². The number of anilines is 1. The van der Waals surface area contributed by atoms with Crippen molar-refractivity contribution in [3.63, 3.8) is 0 Å². The van der Waals surface area contributed by atoms with Gasteiger partial charge in [0.25, 0.3) is 0 Å². The van der Waals surface area contributed by atoms with Crippen molar-refractivity contribution in [2.45, 2.75) is 18.7 Å². The summed E-state index contributed by atoms with van der Waals surface area (Å²) in [6.45, 7) is 5.16. The summed E-state index contributed by atoms with van der Waals surface area (Å²) in [4.78, 5) is 2.13. The highest BCUT2D eigenvalue weighted by Crippen LogP contribution is 2.23. The van der Waals surface area contributed by atoms with Gasteiger partial charge in [0.05, 0.1) is 5.69 Å². The highest BCUT2D eigenvalue weighted by atomic mass is 79.9. The minimum absolute atomic E-state index is 0.104. The number of rotatable bonds is 6. The molecule has 0 bridgehead atoms. The van der Waals surface area contributed by atoms with E-state index in [4.69, 9.17) is 5.73 Å². The molecule has 0 atom stereocenters. The van der Waals surface area contributed by atoms with Crippen molar-refractivity contribution >= 4 is 31.6 Å². The second kappa shape index (κ2) is 6.43. The van der Waals surface area contributed by atoms with Gasteiger partial charge in [0, 0.05) is 17.6 Å². The number of hydrogen-bond donors (Lipinski definition) is 2. The Kier molecular flexibility index (Phi) is 5.60. The molecule has 0 saturated carbocycles. The van der Waals surface area contributed by atoms with Gasteiger partial charge in [-0.1, -0.05) is 29.8 Å². The van der Waals surface area contributed by atoms with Crippen LogP contribution in [0.1, 0.15) is 13.8 Å². The number of hydrogen-bond acceptors (Lipinski definition) is 4. The van der Waals surface area contributed by atoms with E-state index in [0.29, 0.717) is 11.0 Å². The number of nitrogens with one attached hydrogen (secondary N) is 1. The van der Waals surface area contributed by atoms with E-state index in [2.05, 4.69) is 20.7 Å². The fraction of sp³-hybridized carbons (Fsp3) is 0.538. The van der Waals surface area contributed by atoms with Crippen LogP contribution in [0.15, 0.2) is 27.6 Å². The average molecular weight is 364 g/mol. The summed E-state index contributed by atoms with van der Waals surface area (Å²) in [6, 6.07) is 4.80. The fourth-order valence-electron chi connectivity index (χ4n) is 2.02. The monoisotopic (exact) mass is 363 g/mol. The zero-order valence-corrected chi connectivity index (χ0v) is 14.7. The van der Waals surface area contributed by atoms with Crippen molar-refractivity contribution in [3.05, 3.63) is 22.7 Å². The smallest absolute Gasteiger partial charge is 0.242 e. The lowest BCUT2D eigenvalue weighted by Crippen LogP contribution is -2.40. The third kappa shape index (κ3) is 5.05. The van der Waals surface area contributed by atoms with Gasteiger partial charge in [-0.05, 0) is 37.7 Å². The molecule has 1 aromatic rings. The first-order valence-electron chi connectivity index (χ1n) is 6.23. The number of nitrogens with two attached hydrogens (primary N) is 1. The van der Waals surface area contributed by atoms with Crippen LogP contribution in [0, 0.1) is 5.41 Å². The summed E-state index contributed by atoms with van der Waals surface area (Å²) >= 11 is 3.26. The van der Waals surface area contributed by atoms with E-state index in [0.717, 1.165) is 6.54 Å². The molecule has 0 saturated heterocycles. The Hall–Kier alpha value is -0.630. The molecular weight excluding hydrogens is 342 g/mol. The van der Waals surface area contributed by atoms with Crippen molar-refractivity contribution < 1.29 is 8.42 Å². The maximum atomic E-state index is 12.3. The summed E-state index contributed by atoms with van der Waals surface area (Å²) < 4.78 is 27.9. The fourth-order valence-corrected chi connectivity index (χ4v) is 3.93. The van der Waals surface area contributed by atoms with Crippen LogP contribution in [0.25, 0.3) is 0 Å². The molecule has 1 rings (SSSR count). The van der Waals surface area contributed by atoms with Crippen molar-refractivity contribution in [2.75, 3.05) is 32.9 Å². The summed E-state index contributed by atoms with van der Waals surface area (Å²) in [5.74, 6) is 0. The Morgan fingerprint density at radius 2 is 1.95 bits per heavy atom. The first kappa shape index (κ1) is 17.4. The van der Waals surface area contributed by atoms with Crippen LogP contribution in [0.3, 0.4) is 0 Å². The molecule has 0 heterocycles. The molecule has 0 aromatic heterocycles. The second-order valence-corrected chi connectivity index (χ2v) is 8.56. The molecule has 114 valence electrons. The first-order valence-corrected chi connectivity index (χ1v) is 8.50. The number of nitrogen functional groups attached to an aromatic ring is 1. The van der Waals surface area contributed by atoms with Crippen LogP contribution in [0.5, 0.6) is 0 Å². The Morgan fingerprint density at radius 3 is 2.50 bits per heavy atom. The van der Waals surface area contributed by atoms with E-state index in [1.54, 1.807) is 12.1 Å². The van der Waals surface area contributed by atoms with Crippen LogP contribution in [0.4, 0.5) is 5.69 Å². The highest BCUT2D eigenvalue weighted by Gasteiger charge is 2.24. The number of sulfonamides is 1. The number of nitrogens with zero attached hydrogens (tertiary/aromatic N) is 1. The van der Waals surface area contributed by atoms with Gasteiger partial charge in [-0.25, -0.2) is 13.1 Å². The molecule has 0 aliphatic carbocycles. The Bertz CT molecular complexity index is 571. The van der Waals surface area contributed by atoms with E-state index < -0.39 is 10.0 Å². The second-order valence-electron chi connectivity index (χ2n) is 5.91. The van der Waals surface area contributed by atoms with Crippen LogP contribution >= 0.6 is 15.9 Å². The predicted octanol–water partition coefficient (Wildman–Crippen LogP) is 1.90. The molecule has 7 heteroatoms. The van der Waals surface area contributed by atoms with Gasteiger partial charge in [0.1, 0.15) is 4.90 Å². The largest absolute Gasteiger partial charge is 0.398 e. The summed E-state index contributed by atoms with van der Waals surface area (Å²) in [5.41, 5.74) is 5.82. The summed E-state index contributed by atoms with van der Waals surface area (Å²) in [5, 5.41) is 0. The van der Waals surface area contributed by atoms with Gasteiger partial charge < -0.3 is 10.6 Å². The van der Waals surface area contributed by atoms with E-state index in [-0.39, 0.29) is 16.0 Å². The zero-order chi connectivity index (χ0) is 15.6.